The van der Waals surface area contributed by atoms with Crippen LogP contribution in [-0.2, 0) is 6.42 Å². The van der Waals surface area contributed by atoms with Gasteiger partial charge in [-0.1, -0.05) is 12.1 Å². The van der Waals surface area contributed by atoms with E-state index in [0.29, 0.717) is 18.3 Å². The fourth-order valence-corrected chi connectivity index (χ4v) is 1.43. The molecule has 17 heavy (non-hydrogen) atoms. The first-order chi connectivity index (χ1) is 8.24. The van der Waals surface area contributed by atoms with E-state index in [1.807, 2.05) is 0 Å². The van der Waals surface area contributed by atoms with Gasteiger partial charge in [0.25, 0.3) is 0 Å². The van der Waals surface area contributed by atoms with Crippen LogP contribution in [0.2, 0.25) is 0 Å². The first-order valence-corrected chi connectivity index (χ1v) is 5.31. The Morgan fingerprint density at radius 2 is 1.94 bits per heavy atom. The van der Waals surface area contributed by atoms with E-state index in [1.54, 1.807) is 24.4 Å². The number of hydrogen-bond donors (Lipinski definition) is 2. The van der Waals surface area contributed by atoms with Crippen LogP contribution in [0.5, 0.6) is 0 Å². The van der Waals surface area contributed by atoms with Gasteiger partial charge >= 0.3 is 0 Å². The fraction of sp³-hybridized carbons (Fsp3) is 0.167. The number of nitrogens with zero attached hydrogens (tertiary/aromatic N) is 2. The molecule has 0 spiro atoms. The Morgan fingerprint density at radius 3 is 2.65 bits per heavy atom. The van der Waals surface area contributed by atoms with Crippen LogP contribution in [0.25, 0.3) is 0 Å². The highest BCUT2D eigenvalue weighted by Gasteiger charge is 1.97. The molecule has 0 fully saturated rings. The third kappa shape index (κ3) is 3.41. The minimum Gasteiger partial charge on any atom is -0.384 e. The first kappa shape index (κ1) is 11.3. The zero-order chi connectivity index (χ0) is 12.1. The van der Waals surface area contributed by atoms with Gasteiger partial charge in [-0.2, -0.15) is 4.98 Å². The molecule has 0 saturated heterocycles. The molecular formula is C12H13FN4. The molecule has 5 heteroatoms. The standard InChI is InChI=1S/C12H13FN4/c13-10-3-1-9(2-4-10)5-7-15-12-16-8-6-11(14)17-12/h1-4,6,8H,5,7H2,(H3,14,15,16,17). The number of nitrogens with one attached hydrogen (secondary N) is 1. The summed E-state index contributed by atoms with van der Waals surface area (Å²) in [6.45, 7) is 0.676. The van der Waals surface area contributed by atoms with E-state index in [1.165, 1.54) is 12.1 Å². The van der Waals surface area contributed by atoms with E-state index in [-0.39, 0.29) is 5.82 Å². The molecule has 0 aliphatic carbocycles. The molecule has 2 rings (SSSR count). The second kappa shape index (κ2) is 5.25. The quantitative estimate of drug-likeness (QED) is 0.844. The zero-order valence-corrected chi connectivity index (χ0v) is 9.23. The topological polar surface area (TPSA) is 63.8 Å². The molecule has 0 saturated carbocycles. The fourth-order valence-electron chi connectivity index (χ4n) is 1.43. The van der Waals surface area contributed by atoms with Gasteiger partial charge in [-0.15, -0.1) is 0 Å². The van der Waals surface area contributed by atoms with Gasteiger partial charge in [0.1, 0.15) is 11.6 Å². The summed E-state index contributed by atoms with van der Waals surface area (Å²) in [5, 5.41) is 3.05. The third-order valence-corrected chi connectivity index (χ3v) is 2.29. The Bertz CT molecular complexity index is 484. The van der Waals surface area contributed by atoms with Crippen LogP contribution in [0.1, 0.15) is 5.56 Å². The van der Waals surface area contributed by atoms with Gasteiger partial charge in [0.05, 0.1) is 0 Å². The molecule has 4 nitrogen and oxygen atoms in total. The average Bonchev–Trinajstić information content (AvgIpc) is 2.32. The lowest BCUT2D eigenvalue weighted by Gasteiger charge is -2.05. The van der Waals surface area contributed by atoms with Crippen molar-refractivity contribution >= 4 is 11.8 Å². The van der Waals surface area contributed by atoms with Crippen LogP contribution < -0.4 is 11.1 Å². The van der Waals surface area contributed by atoms with E-state index in [4.69, 9.17) is 5.73 Å². The summed E-state index contributed by atoms with van der Waals surface area (Å²) in [6.07, 6.45) is 2.38. The normalized spacial score (nSPS) is 10.2. The Morgan fingerprint density at radius 1 is 1.18 bits per heavy atom. The van der Waals surface area contributed by atoms with E-state index >= 15 is 0 Å². The molecule has 0 bridgehead atoms. The Labute approximate surface area is 98.7 Å². The van der Waals surface area contributed by atoms with E-state index in [9.17, 15) is 4.39 Å². The molecule has 3 N–H and O–H groups in total. The molecule has 0 unspecified atom stereocenters. The zero-order valence-electron chi connectivity index (χ0n) is 9.23. The van der Waals surface area contributed by atoms with E-state index < -0.39 is 0 Å². The smallest absolute Gasteiger partial charge is 0.224 e. The highest BCUT2D eigenvalue weighted by Crippen LogP contribution is 2.05. The van der Waals surface area contributed by atoms with Gasteiger partial charge in [-0.3, -0.25) is 0 Å². The maximum Gasteiger partial charge on any atom is 0.224 e. The molecule has 88 valence electrons. The minimum atomic E-state index is -0.221. The molecule has 0 aliphatic heterocycles. The van der Waals surface area contributed by atoms with Gasteiger partial charge in [0.15, 0.2) is 0 Å². The number of aromatic nitrogens is 2. The van der Waals surface area contributed by atoms with Gasteiger partial charge in [-0.25, -0.2) is 9.37 Å². The summed E-state index contributed by atoms with van der Waals surface area (Å²) in [5.41, 5.74) is 6.58. The van der Waals surface area contributed by atoms with Crippen molar-refractivity contribution in [3.8, 4) is 0 Å². The third-order valence-electron chi connectivity index (χ3n) is 2.29. The van der Waals surface area contributed by atoms with Crippen molar-refractivity contribution in [3.05, 3.63) is 47.9 Å². The summed E-state index contributed by atoms with van der Waals surface area (Å²) >= 11 is 0. The maximum atomic E-state index is 12.7. The van der Waals surface area contributed by atoms with Crippen LogP contribution in [0.4, 0.5) is 16.2 Å². The molecular weight excluding hydrogens is 219 g/mol. The number of nitrogens with two attached hydrogens (primary N) is 1. The van der Waals surface area contributed by atoms with E-state index in [0.717, 1.165) is 12.0 Å². The van der Waals surface area contributed by atoms with Crippen molar-refractivity contribution < 1.29 is 4.39 Å². The molecule has 1 heterocycles. The number of benzene rings is 1. The second-order valence-corrected chi connectivity index (χ2v) is 3.61. The monoisotopic (exact) mass is 232 g/mol. The number of nitrogen functional groups attached to an aromatic ring is 1. The number of anilines is 2. The minimum absolute atomic E-state index is 0.221. The highest BCUT2D eigenvalue weighted by molar-refractivity contribution is 5.35. The Hall–Kier alpha value is -2.17. The highest BCUT2D eigenvalue weighted by atomic mass is 19.1. The van der Waals surface area contributed by atoms with Crippen molar-refractivity contribution in [2.24, 2.45) is 0 Å². The Kier molecular flexibility index (Phi) is 3.49. The molecule has 0 atom stereocenters. The van der Waals surface area contributed by atoms with E-state index in [2.05, 4.69) is 15.3 Å². The largest absolute Gasteiger partial charge is 0.384 e. The number of hydrogen-bond acceptors (Lipinski definition) is 4. The summed E-state index contributed by atoms with van der Waals surface area (Å²) in [6, 6.07) is 8.05. The summed E-state index contributed by atoms with van der Waals surface area (Å²) < 4.78 is 12.7. The summed E-state index contributed by atoms with van der Waals surface area (Å²) in [7, 11) is 0. The van der Waals surface area contributed by atoms with Crippen LogP contribution in [0.3, 0.4) is 0 Å². The van der Waals surface area contributed by atoms with Crippen molar-refractivity contribution in [1.82, 2.24) is 9.97 Å². The predicted octanol–water partition coefficient (Wildman–Crippen LogP) is 1.85. The van der Waals surface area contributed by atoms with Crippen LogP contribution >= 0.6 is 0 Å². The molecule has 2 aromatic rings. The van der Waals surface area contributed by atoms with Gasteiger partial charge in [0, 0.05) is 12.7 Å². The first-order valence-electron chi connectivity index (χ1n) is 5.31. The summed E-state index contributed by atoms with van der Waals surface area (Å²) in [4.78, 5) is 8.04. The van der Waals surface area contributed by atoms with Crippen molar-refractivity contribution in [2.75, 3.05) is 17.6 Å². The van der Waals surface area contributed by atoms with Crippen molar-refractivity contribution in [3.63, 3.8) is 0 Å². The van der Waals surface area contributed by atoms with Crippen LogP contribution in [-0.4, -0.2) is 16.5 Å². The van der Waals surface area contributed by atoms with Gasteiger partial charge in [-0.05, 0) is 30.2 Å². The van der Waals surface area contributed by atoms with Crippen molar-refractivity contribution in [2.45, 2.75) is 6.42 Å². The maximum absolute atomic E-state index is 12.7. The molecule has 0 amide bonds. The molecule has 1 aromatic heterocycles. The van der Waals surface area contributed by atoms with Crippen molar-refractivity contribution in [1.29, 1.82) is 0 Å². The van der Waals surface area contributed by atoms with Gasteiger partial charge in [0.2, 0.25) is 5.95 Å². The van der Waals surface area contributed by atoms with Crippen LogP contribution in [0.15, 0.2) is 36.5 Å². The summed E-state index contributed by atoms with van der Waals surface area (Å²) in [5.74, 6) is 0.720. The Balaban J connectivity index is 1.85. The molecule has 0 radical (unpaired) electrons. The molecule has 1 aromatic carbocycles. The number of halogens is 1. The van der Waals surface area contributed by atoms with Gasteiger partial charge < -0.3 is 11.1 Å². The number of rotatable bonds is 4. The SMILES string of the molecule is Nc1ccnc(NCCc2ccc(F)cc2)n1. The average molecular weight is 232 g/mol. The lowest BCUT2D eigenvalue weighted by Crippen LogP contribution is -2.08. The predicted molar refractivity (Wildman–Crippen MR) is 65.0 cm³/mol. The molecule has 0 aliphatic rings. The lowest BCUT2D eigenvalue weighted by atomic mass is 10.1. The van der Waals surface area contributed by atoms with Crippen LogP contribution in [0, 0.1) is 5.82 Å². The lowest BCUT2D eigenvalue weighted by molar-refractivity contribution is 0.627. The second-order valence-electron chi connectivity index (χ2n) is 3.61.